The molecule has 11 heteroatoms. The highest BCUT2D eigenvalue weighted by atomic mass is 35.5. The van der Waals surface area contributed by atoms with E-state index in [0.717, 1.165) is 83.3 Å². The molecule has 3 fully saturated rings. The van der Waals surface area contributed by atoms with Crippen molar-refractivity contribution in [1.82, 2.24) is 24.9 Å². The number of amides is 4. The smallest absolute Gasteiger partial charge is 0.255 e. The van der Waals surface area contributed by atoms with Gasteiger partial charge in [0, 0.05) is 76.8 Å². The van der Waals surface area contributed by atoms with Gasteiger partial charge in [-0.3, -0.25) is 29.2 Å². The number of hydrogen-bond donors (Lipinski definition) is 1. The van der Waals surface area contributed by atoms with Crippen molar-refractivity contribution in [2.75, 3.05) is 13.1 Å². The highest BCUT2D eigenvalue weighted by Gasteiger charge is 2.40. The fourth-order valence-corrected chi connectivity index (χ4v) is 8.95. The predicted octanol–water partition coefficient (Wildman–Crippen LogP) is 7.63. The van der Waals surface area contributed by atoms with Crippen LogP contribution in [0.5, 0.6) is 0 Å². The molecule has 4 amide bonds. The zero-order chi connectivity index (χ0) is 41.2. The normalized spacial score (nSPS) is 20.5. The van der Waals surface area contributed by atoms with Crippen molar-refractivity contribution in [1.29, 1.82) is 0 Å². The van der Waals surface area contributed by atoms with Crippen LogP contribution in [0.3, 0.4) is 0 Å². The summed E-state index contributed by atoms with van der Waals surface area (Å²) in [6, 6.07) is 18.6. The van der Waals surface area contributed by atoms with E-state index in [-0.39, 0.29) is 41.9 Å². The molecular weight excluding hydrogens is 760 g/mol. The van der Waals surface area contributed by atoms with Gasteiger partial charge in [0.15, 0.2) is 0 Å². The summed E-state index contributed by atoms with van der Waals surface area (Å²) in [6.07, 6.45) is 5.70. The van der Waals surface area contributed by atoms with E-state index in [1.165, 1.54) is 0 Å². The highest BCUT2D eigenvalue weighted by Crippen LogP contribution is 2.34. The summed E-state index contributed by atoms with van der Waals surface area (Å²) in [5, 5.41) is 7.67. The maximum absolute atomic E-state index is 13.5. The Balaban J connectivity index is 0.799. The zero-order valence-corrected chi connectivity index (χ0v) is 34.1. The molecule has 10 nitrogen and oxygen atoms in total. The number of imide groups is 1. The molecule has 4 aliphatic rings. The largest absolute Gasteiger partial charge is 0.342 e. The van der Waals surface area contributed by atoms with E-state index in [1.54, 1.807) is 23.1 Å². The van der Waals surface area contributed by atoms with Crippen LogP contribution in [-0.4, -0.2) is 62.3 Å². The van der Waals surface area contributed by atoms with Crippen LogP contribution in [0, 0.1) is 61.9 Å². The van der Waals surface area contributed by atoms with Crippen molar-refractivity contribution < 1.29 is 19.2 Å². The van der Waals surface area contributed by atoms with Crippen LogP contribution in [-0.2, 0) is 27.5 Å². The molecular formula is C48H45ClN6O4. The molecule has 1 saturated carbocycles. The van der Waals surface area contributed by atoms with Gasteiger partial charge in [-0.2, -0.15) is 5.10 Å². The molecule has 4 heterocycles. The molecule has 3 aromatic carbocycles. The lowest BCUT2D eigenvalue weighted by Gasteiger charge is -2.34. The van der Waals surface area contributed by atoms with E-state index < -0.39 is 11.9 Å². The number of hydrogen-bond acceptors (Lipinski definition) is 5. The molecule has 1 N–H and O–H groups in total. The predicted molar refractivity (Wildman–Crippen MR) is 225 cm³/mol. The number of benzene rings is 3. The van der Waals surface area contributed by atoms with Crippen molar-refractivity contribution in [3.8, 4) is 34.9 Å². The summed E-state index contributed by atoms with van der Waals surface area (Å²) < 4.78 is 2.00. The number of piperidine rings is 2. The van der Waals surface area contributed by atoms with Gasteiger partial charge in [0.1, 0.15) is 6.04 Å². The van der Waals surface area contributed by atoms with Crippen LogP contribution in [0.4, 0.5) is 5.69 Å². The Bertz CT molecular complexity index is 2510. The number of nitrogens with one attached hydrogen (secondary N) is 1. The number of carbonyl (C=O) groups excluding carboxylic acids is 4. The first kappa shape index (κ1) is 39.7. The number of aromatic nitrogens is 2. The third-order valence-corrected chi connectivity index (χ3v) is 12.7. The number of fused-ring (bicyclic) bond motifs is 1. The first-order valence-electron chi connectivity index (χ1n) is 20.4. The van der Waals surface area contributed by atoms with Gasteiger partial charge < -0.3 is 9.80 Å². The molecule has 1 unspecified atom stereocenters. The Kier molecular flexibility index (Phi) is 11.4. The summed E-state index contributed by atoms with van der Waals surface area (Å²) in [7, 11) is 0. The van der Waals surface area contributed by atoms with Gasteiger partial charge in [0.05, 0.1) is 18.8 Å². The van der Waals surface area contributed by atoms with Crippen LogP contribution in [0.25, 0.3) is 16.1 Å². The average molecular weight is 805 g/mol. The lowest BCUT2D eigenvalue weighted by Crippen LogP contribution is -2.52. The Morgan fingerprint density at radius 2 is 1.64 bits per heavy atom. The number of likely N-dealkylation sites (tertiary alicyclic amines) is 1. The number of halogens is 1. The van der Waals surface area contributed by atoms with E-state index in [0.29, 0.717) is 48.9 Å². The van der Waals surface area contributed by atoms with Gasteiger partial charge in [0.2, 0.25) is 23.4 Å². The molecule has 4 aromatic rings. The van der Waals surface area contributed by atoms with Gasteiger partial charge in [0.25, 0.3) is 5.91 Å². The summed E-state index contributed by atoms with van der Waals surface area (Å²) in [4.78, 5) is 57.9. The van der Waals surface area contributed by atoms with Crippen molar-refractivity contribution in [2.24, 2.45) is 17.8 Å². The number of nitrogens with zero attached hydrogens (tertiary/aromatic N) is 5. The van der Waals surface area contributed by atoms with E-state index in [2.05, 4.69) is 72.0 Å². The summed E-state index contributed by atoms with van der Waals surface area (Å²) in [5.41, 5.74) is 8.63. The molecule has 1 aliphatic carbocycles. The van der Waals surface area contributed by atoms with Gasteiger partial charge in [-0.15, -0.1) is 0 Å². The second kappa shape index (κ2) is 17.0. The van der Waals surface area contributed by atoms with E-state index in [9.17, 15) is 19.2 Å². The SMILES string of the molecule is [C-]#[N+]c1ccc(-c2nn(Cc3ccc(C#CC4CCC(C(=O)N5CCC(C#Cc6cccc7c6CN(C6CCC(=O)NC6=O)C7=O)CC5)CC4)cc3)c(C)c2C)cc1Cl. The molecule has 0 radical (unpaired) electrons. The molecule has 3 aliphatic heterocycles. The van der Waals surface area contributed by atoms with Crippen molar-refractivity contribution in [2.45, 2.75) is 84.3 Å². The van der Waals surface area contributed by atoms with Gasteiger partial charge in [-0.25, -0.2) is 4.85 Å². The maximum atomic E-state index is 13.5. The molecule has 1 aromatic heterocycles. The fourth-order valence-electron chi connectivity index (χ4n) is 8.73. The third kappa shape index (κ3) is 8.40. The van der Waals surface area contributed by atoms with Crippen LogP contribution in [0.15, 0.2) is 60.7 Å². The third-order valence-electron chi connectivity index (χ3n) is 12.4. The second-order valence-corrected chi connectivity index (χ2v) is 16.5. The average Bonchev–Trinajstić information content (AvgIpc) is 3.73. The second-order valence-electron chi connectivity index (χ2n) is 16.1. The van der Waals surface area contributed by atoms with Crippen molar-refractivity contribution >= 4 is 40.9 Å². The summed E-state index contributed by atoms with van der Waals surface area (Å²) >= 11 is 6.31. The van der Waals surface area contributed by atoms with Gasteiger partial charge in [-0.1, -0.05) is 65.6 Å². The minimum atomic E-state index is -0.656. The molecule has 0 bridgehead atoms. The van der Waals surface area contributed by atoms with E-state index >= 15 is 0 Å². The lowest BCUT2D eigenvalue weighted by atomic mass is 9.81. The minimum Gasteiger partial charge on any atom is -0.342 e. The standard InChI is InChI=1S/C48H45ClN6O4/c1-30-31(2)55(52-45(30)38-19-20-42(50-3)41(49)27-38)28-35-11-9-32(10-12-35)7-8-33-14-17-37(18-15-33)47(58)53-25-23-34(24-26-53)13-16-36-5-4-6-39-40(36)29-54(48(39)59)43-21-22-44(56)51-46(43)57/h4-6,9-12,19-20,27,33-34,37,43H,14-15,17-18,21-26,28-29H2,1-2H3,(H,51,56,57). The lowest BCUT2D eigenvalue weighted by molar-refractivity contribution is -0.138. The summed E-state index contributed by atoms with van der Waals surface area (Å²) in [5.74, 6) is 13.4. The number of carbonyl (C=O) groups is 4. The quantitative estimate of drug-likeness (QED) is 0.127. The first-order chi connectivity index (χ1) is 28.6. The molecule has 298 valence electrons. The van der Waals surface area contributed by atoms with E-state index in [4.69, 9.17) is 23.3 Å². The van der Waals surface area contributed by atoms with Gasteiger partial charge >= 0.3 is 0 Å². The fraction of sp³-hybridized carbons (Fsp3) is 0.375. The van der Waals surface area contributed by atoms with E-state index in [1.807, 2.05) is 27.8 Å². The van der Waals surface area contributed by atoms with Crippen LogP contribution in [0.2, 0.25) is 5.02 Å². The zero-order valence-electron chi connectivity index (χ0n) is 33.3. The van der Waals surface area contributed by atoms with Crippen LogP contribution >= 0.6 is 11.6 Å². The first-order valence-corrected chi connectivity index (χ1v) is 20.8. The molecule has 0 spiro atoms. The molecule has 2 saturated heterocycles. The van der Waals surface area contributed by atoms with Crippen molar-refractivity contribution in [3.05, 3.63) is 116 Å². The van der Waals surface area contributed by atoms with Crippen LogP contribution < -0.4 is 5.32 Å². The Morgan fingerprint density at radius 1 is 0.915 bits per heavy atom. The number of rotatable bonds is 5. The van der Waals surface area contributed by atoms with Crippen LogP contribution in [0.1, 0.15) is 95.2 Å². The maximum Gasteiger partial charge on any atom is 0.255 e. The van der Waals surface area contributed by atoms with Gasteiger partial charge in [-0.05, 0) is 106 Å². The Hall–Kier alpha value is -6.15. The Labute approximate surface area is 350 Å². The molecule has 1 atom stereocenters. The highest BCUT2D eigenvalue weighted by molar-refractivity contribution is 6.33. The monoisotopic (exact) mass is 804 g/mol. The Morgan fingerprint density at radius 3 is 2.36 bits per heavy atom. The summed E-state index contributed by atoms with van der Waals surface area (Å²) in [6.45, 7) is 13.7. The van der Waals surface area contributed by atoms with Crippen molar-refractivity contribution in [3.63, 3.8) is 0 Å². The minimum absolute atomic E-state index is 0.0386. The topological polar surface area (TPSA) is 109 Å². The molecule has 59 heavy (non-hydrogen) atoms. The molecule has 8 rings (SSSR count).